The van der Waals surface area contributed by atoms with Crippen molar-refractivity contribution in [2.45, 2.75) is 58.5 Å². The first kappa shape index (κ1) is 23.6. The summed E-state index contributed by atoms with van der Waals surface area (Å²) in [6.07, 6.45) is 6.85. The Morgan fingerprint density at radius 1 is 1.31 bits per heavy atom. The van der Waals surface area contributed by atoms with E-state index >= 15 is 0 Å². The number of nitrogens with zero attached hydrogens (tertiary/aromatic N) is 4. The quantitative estimate of drug-likeness (QED) is 0.355. The number of halogens is 1. The van der Waals surface area contributed by atoms with Gasteiger partial charge in [0.05, 0.1) is 23.8 Å². The molecule has 1 heterocycles. The van der Waals surface area contributed by atoms with Crippen LogP contribution in [0.3, 0.4) is 0 Å². The van der Waals surface area contributed by atoms with Gasteiger partial charge < -0.3 is 15.1 Å². The van der Waals surface area contributed by atoms with Gasteiger partial charge in [-0.2, -0.15) is 0 Å². The zero-order chi connectivity index (χ0) is 18.2. The summed E-state index contributed by atoms with van der Waals surface area (Å²) in [6, 6.07) is 0.531. The van der Waals surface area contributed by atoms with Gasteiger partial charge in [0, 0.05) is 25.0 Å². The van der Waals surface area contributed by atoms with Gasteiger partial charge in [0.15, 0.2) is 5.96 Å². The molecule has 5 nitrogen and oxygen atoms in total. The molecule has 2 rings (SSSR count). The maximum absolute atomic E-state index is 4.98. The molecular weight excluding hydrogens is 457 g/mol. The van der Waals surface area contributed by atoms with E-state index in [1.54, 1.807) is 11.3 Å². The highest BCUT2D eigenvalue weighted by Gasteiger charge is 2.25. The van der Waals surface area contributed by atoms with Crippen LogP contribution in [0, 0.1) is 12.8 Å². The van der Waals surface area contributed by atoms with Gasteiger partial charge in [0.25, 0.3) is 0 Å². The van der Waals surface area contributed by atoms with Gasteiger partial charge in [-0.05, 0) is 46.7 Å². The average Bonchev–Trinajstić information content (AvgIpc) is 2.99. The number of hydrogen-bond donors (Lipinski definition) is 1. The summed E-state index contributed by atoms with van der Waals surface area (Å²) >= 11 is 1.71. The zero-order valence-corrected chi connectivity index (χ0v) is 20.1. The fraction of sp³-hybridized carbons (Fsp3) is 0.789. The maximum Gasteiger partial charge on any atom is 0.194 e. The molecule has 0 aromatic carbocycles. The Morgan fingerprint density at radius 3 is 2.54 bits per heavy atom. The molecule has 26 heavy (non-hydrogen) atoms. The summed E-state index contributed by atoms with van der Waals surface area (Å²) in [4.78, 5) is 14.1. The van der Waals surface area contributed by atoms with Gasteiger partial charge in [-0.1, -0.05) is 19.3 Å². The lowest BCUT2D eigenvalue weighted by atomic mass is 9.83. The third-order valence-corrected chi connectivity index (χ3v) is 5.87. The monoisotopic (exact) mass is 493 g/mol. The molecule has 0 radical (unpaired) electrons. The second-order valence-electron chi connectivity index (χ2n) is 7.34. The highest BCUT2D eigenvalue weighted by Crippen LogP contribution is 2.28. The van der Waals surface area contributed by atoms with Crippen molar-refractivity contribution >= 4 is 41.3 Å². The van der Waals surface area contributed by atoms with Crippen molar-refractivity contribution in [3.05, 3.63) is 16.1 Å². The van der Waals surface area contributed by atoms with Crippen LogP contribution in [0.15, 0.2) is 10.4 Å². The molecule has 1 atom stereocenters. The van der Waals surface area contributed by atoms with E-state index in [4.69, 9.17) is 4.99 Å². The Labute approximate surface area is 180 Å². The summed E-state index contributed by atoms with van der Waals surface area (Å²) in [6.45, 7) is 6.72. The molecule has 150 valence electrons. The third-order valence-electron chi connectivity index (χ3n) is 5.05. The van der Waals surface area contributed by atoms with Crippen LogP contribution in [0.5, 0.6) is 0 Å². The van der Waals surface area contributed by atoms with Crippen molar-refractivity contribution in [2.75, 3.05) is 34.2 Å². The van der Waals surface area contributed by atoms with Gasteiger partial charge in [-0.25, -0.2) is 4.98 Å². The fourth-order valence-corrected chi connectivity index (χ4v) is 4.31. The summed E-state index contributed by atoms with van der Waals surface area (Å²) in [7, 11) is 6.49. The Hall–Kier alpha value is -0.410. The summed E-state index contributed by atoms with van der Waals surface area (Å²) < 4.78 is 0. The second kappa shape index (κ2) is 12.1. The van der Waals surface area contributed by atoms with E-state index in [2.05, 4.69) is 60.5 Å². The highest BCUT2D eigenvalue weighted by atomic mass is 127. The van der Waals surface area contributed by atoms with E-state index in [1.807, 2.05) is 0 Å². The average molecular weight is 494 g/mol. The number of aromatic nitrogens is 1. The lowest BCUT2D eigenvalue weighted by molar-refractivity contribution is 0.175. The van der Waals surface area contributed by atoms with E-state index in [1.165, 1.54) is 32.1 Å². The minimum atomic E-state index is 0. The molecule has 1 aromatic heterocycles. The van der Waals surface area contributed by atoms with E-state index < -0.39 is 0 Å². The summed E-state index contributed by atoms with van der Waals surface area (Å²) in [5.41, 5.74) is 1.12. The minimum Gasteiger partial charge on any atom is -0.357 e. The number of aryl methyl sites for hydroxylation is 1. The van der Waals surface area contributed by atoms with E-state index in [-0.39, 0.29) is 24.0 Å². The van der Waals surface area contributed by atoms with Crippen LogP contribution in [0.4, 0.5) is 0 Å². The van der Waals surface area contributed by atoms with Crippen LogP contribution in [0.25, 0.3) is 0 Å². The van der Waals surface area contributed by atoms with Crippen LogP contribution in [0.1, 0.15) is 49.7 Å². The largest absolute Gasteiger partial charge is 0.357 e. The van der Waals surface area contributed by atoms with E-state index in [0.29, 0.717) is 6.04 Å². The Morgan fingerprint density at radius 2 is 2.00 bits per heavy atom. The molecule has 1 aromatic rings. The minimum absolute atomic E-state index is 0. The number of guanidine groups is 1. The van der Waals surface area contributed by atoms with Crippen LogP contribution in [-0.2, 0) is 6.54 Å². The van der Waals surface area contributed by atoms with Crippen molar-refractivity contribution in [3.63, 3.8) is 0 Å². The SMILES string of the molecule is CCNC(=NCC(C1CCCCC1)N(C)C)N(C)Cc1csc(C)n1.I. The number of thiazole rings is 1. The smallest absolute Gasteiger partial charge is 0.194 e. The molecule has 1 aliphatic carbocycles. The summed E-state index contributed by atoms with van der Waals surface area (Å²) in [5.74, 6) is 1.76. The highest BCUT2D eigenvalue weighted by molar-refractivity contribution is 14.0. The molecule has 0 saturated heterocycles. The zero-order valence-electron chi connectivity index (χ0n) is 17.0. The first-order valence-corrected chi connectivity index (χ1v) is 10.5. The molecule has 0 amide bonds. The first-order chi connectivity index (χ1) is 12.0. The normalized spacial score (nSPS) is 17.1. The van der Waals surface area contributed by atoms with Crippen LogP contribution in [-0.4, -0.2) is 61.0 Å². The molecule has 1 unspecified atom stereocenters. The van der Waals surface area contributed by atoms with Gasteiger partial charge in [-0.15, -0.1) is 35.3 Å². The molecule has 0 aliphatic heterocycles. The molecule has 1 saturated carbocycles. The Bertz CT molecular complexity index is 540. The molecule has 0 spiro atoms. The van der Waals surface area contributed by atoms with Crippen molar-refractivity contribution in [1.29, 1.82) is 0 Å². The predicted molar refractivity (Wildman–Crippen MR) is 124 cm³/mol. The predicted octanol–water partition coefficient (Wildman–Crippen LogP) is 3.98. The maximum atomic E-state index is 4.98. The van der Waals surface area contributed by atoms with E-state index in [0.717, 1.165) is 42.2 Å². The molecule has 1 aliphatic rings. The number of aliphatic imine (C=N–C) groups is 1. The lowest BCUT2D eigenvalue weighted by Crippen LogP contribution is -2.42. The fourth-order valence-electron chi connectivity index (χ4n) is 3.70. The molecule has 1 N–H and O–H groups in total. The summed E-state index contributed by atoms with van der Waals surface area (Å²) in [5, 5.41) is 6.70. The molecule has 7 heteroatoms. The Balaban J connectivity index is 0.00000338. The van der Waals surface area contributed by atoms with Crippen molar-refractivity contribution in [3.8, 4) is 0 Å². The number of likely N-dealkylation sites (N-methyl/N-ethyl adjacent to an activating group) is 1. The van der Waals surface area contributed by atoms with Crippen molar-refractivity contribution in [2.24, 2.45) is 10.9 Å². The third kappa shape index (κ3) is 7.31. The van der Waals surface area contributed by atoms with E-state index in [9.17, 15) is 0 Å². The first-order valence-electron chi connectivity index (χ1n) is 9.58. The van der Waals surface area contributed by atoms with Gasteiger partial charge in [0.2, 0.25) is 0 Å². The van der Waals surface area contributed by atoms with Crippen LogP contribution in [0.2, 0.25) is 0 Å². The number of nitrogens with one attached hydrogen (secondary N) is 1. The van der Waals surface area contributed by atoms with Crippen LogP contribution >= 0.6 is 35.3 Å². The standard InChI is InChI=1S/C19H35N5S.HI/c1-6-20-19(24(5)13-17-14-25-15(2)22-17)21-12-18(23(3)4)16-10-8-7-9-11-16;/h14,16,18H,6-13H2,1-5H3,(H,20,21);1H. The van der Waals surface area contributed by atoms with Gasteiger partial charge in [-0.3, -0.25) is 4.99 Å². The van der Waals surface area contributed by atoms with Crippen molar-refractivity contribution < 1.29 is 0 Å². The molecule has 1 fully saturated rings. The topological polar surface area (TPSA) is 43.8 Å². The van der Waals surface area contributed by atoms with Crippen molar-refractivity contribution in [1.82, 2.24) is 20.1 Å². The molecular formula is C19H36IN5S. The number of hydrogen-bond acceptors (Lipinski definition) is 4. The number of rotatable bonds is 7. The Kier molecular flexibility index (Phi) is 11.0. The second-order valence-corrected chi connectivity index (χ2v) is 8.40. The van der Waals surface area contributed by atoms with Gasteiger partial charge >= 0.3 is 0 Å². The van der Waals surface area contributed by atoms with Gasteiger partial charge in [0.1, 0.15) is 0 Å². The lowest BCUT2D eigenvalue weighted by Gasteiger charge is -2.34. The molecule has 0 bridgehead atoms. The van der Waals surface area contributed by atoms with Crippen LogP contribution < -0.4 is 5.32 Å².